The van der Waals surface area contributed by atoms with E-state index in [1.165, 1.54) is 0 Å². The van der Waals surface area contributed by atoms with E-state index >= 15 is 0 Å². The van der Waals surface area contributed by atoms with Gasteiger partial charge in [0.15, 0.2) is 0 Å². The molecule has 0 unspecified atom stereocenters. The number of ether oxygens (including phenoxy) is 1. The smallest absolute Gasteiger partial charge is 0.261 e. The fraction of sp³-hybridized carbons (Fsp3) is 0.500. The van der Waals surface area contributed by atoms with Crippen molar-refractivity contribution >= 4 is 27.7 Å². The van der Waals surface area contributed by atoms with Crippen molar-refractivity contribution in [3.05, 3.63) is 22.8 Å². The molecule has 0 atom stereocenters. The molecule has 0 aliphatic rings. The van der Waals surface area contributed by atoms with Crippen LogP contribution in [0.2, 0.25) is 0 Å². The predicted molar refractivity (Wildman–Crippen MR) is 74.9 cm³/mol. The molecule has 1 aromatic heterocycles. The molecular weight excluding hydrogens is 336 g/mol. The summed E-state index contributed by atoms with van der Waals surface area (Å²) in [6, 6.07) is 3.44. The molecule has 1 rings (SSSR count). The normalized spacial score (nSPS) is 11.1. The summed E-state index contributed by atoms with van der Waals surface area (Å²) in [6.45, 7) is 0.108. The SMILES string of the molecule is CN(CCOCC(F)F)CC(=O)Nc1ccc(Br)cn1. The number of carbonyl (C=O) groups is 1. The van der Waals surface area contributed by atoms with Crippen molar-refractivity contribution < 1.29 is 18.3 Å². The van der Waals surface area contributed by atoms with E-state index in [1.54, 1.807) is 30.3 Å². The van der Waals surface area contributed by atoms with E-state index in [-0.39, 0.29) is 19.1 Å². The molecule has 5 nitrogen and oxygen atoms in total. The second kappa shape index (κ2) is 8.93. The molecule has 0 saturated carbocycles. The monoisotopic (exact) mass is 351 g/mol. The standard InChI is InChI=1S/C12H16BrF2N3O2/c1-18(4-5-20-8-10(14)15)7-12(19)17-11-3-2-9(13)6-16-11/h2-3,6,10H,4-5,7-8H2,1H3,(H,16,17,19). The minimum absolute atomic E-state index is 0.135. The molecule has 0 bridgehead atoms. The van der Waals surface area contributed by atoms with Crippen molar-refractivity contribution in [2.75, 3.05) is 38.7 Å². The van der Waals surface area contributed by atoms with E-state index in [0.717, 1.165) is 4.47 Å². The van der Waals surface area contributed by atoms with Crippen LogP contribution >= 0.6 is 15.9 Å². The van der Waals surface area contributed by atoms with Gasteiger partial charge in [-0.1, -0.05) is 0 Å². The number of rotatable bonds is 8. The number of halogens is 3. The number of alkyl halides is 2. The van der Waals surface area contributed by atoms with E-state index in [2.05, 4.69) is 26.2 Å². The van der Waals surface area contributed by atoms with Gasteiger partial charge in [-0.3, -0.25) is 9.69 Å². The van der Waals surface area contributed by atoms with Crippen LogP contribution in [0.5, 0.6) is 0 Å². The molecule has 1 amide bonds. The molecule has 0 spiro atoms. The van der Waals surface area contributed by atoms with Crippen LogP contribution in [0.3, 0.4) is 0 Å². The van der Waals surface area contributed by atoms with Gasteiger partial charge >= 0.3 is 0 Å². The summed E-state index contributed by atoms with van der Waals surface area (Å²) in [5.41, 5.74) is 0. The summed E-state index contributed by atoms with van der Waals surface area (Å²) < 4.78 is 29.2. The first-order valence-corrected chi connectivity index (χ1v) is 6.72. The van der Waals surface area contributed by atoms with E-state index < -0.39 is 13.0 Å². The summed E-state index contributed by atoms with van der Waals surface area (Å²) in [5, 5.41) is 2.64. The predicted octanol–water partition coefficient (Wildman–Crippen LogP) is 2.00. The van der Waals surface area contributed by atoms with Crippen molar-refractivity contribution in [2.45, 2.75) is 6.43 Å². The van der Waals surface area contributed by atoms with Crippen molar-refractivity contribution in [2.24, 2.45) is 0 Å². The second-order valence-corrected chi connectivity index (χ2v) is 5.03. The summed E-state index contributed by atoms with van der Waals surface area (Å²) in [6.07, 6.45) is -0.885. The van der Waals surface area contributed by atoms with Crippen LogP contribution in [-0.2, 0) is 9.53 Å². The Morgan fingerprint density at radius 2 is 2.30 bits per heavy atom. The molecule has 0 fully saturated rings. The zero-order valence-corrected chi connectivity index (χ0v) is 12.6. The van der Waals surface area contributed by atoms with E-state index in [1.807, 2.05) is 0 Å². The van der Waals surface area contributed by atoms with Gasteiger partial charge in [0, 0.05) is 17.2 Å². The first-order chi connectivity index (χ1) is 9.47. The fourth-order valence-electron chi connectivity index (χ4n) is 1.35. The average Bonchev–Trinajstić information content (AvgIpc) is 2.37. The highest BCUT2D eigenvalue weighted by molar-refractivity contribution is 9.10. The number of aromatic nitrogens is 1. The Morgan fingerprint density at radius 3 is 2.90 bits per heavy atom. The first kappa shape index (κ1) is 16.9. The van der Waals surface area contributed by atoms with Gasteiger partial charge in [-0.2, -0.15) is 0 Å². The minimum Gasteiger partial charge on any atom is -0.374 e. The number of carbonyl (C=O) groups excluding carboxylic acids is 1. The molecule has 0 aliphatic carbocycles. The zero-order chi connectivity index (χ0) is 15.0. The number of anilines is 1. The van der Waals surface area contributed by atoms with Gasteiger partial charge in [-0.05, 0) is 35.1 Å². The molecule has 1 N–H and O–H groups in total. The highest BCUT2D eigenvalue weighted by atomic mass is 79.9. The summed E-state index contributed by atoms with van der Waals surface area (Å²) in [7, 11) is 1.71. The molecule has 1 aromatic rings. The topological polar surface area (TPSA) is 54.5 Å². The number of likely N-dealkylation sites (N-methyl/N-ethyl adjacent to an activating group) is 1. The highest BCUT2D eigenvalue weighted by Gasteiger charge is 2.08. The highest BCUT2D eigenvalue weighted by Crippen LogP contribution is 2.10. The lowest BCUT2D eigenvalue weighted by Gasteiger charge is -2.16. The molecular formula is C12H16BrF2N3O2. The lowest BCUT2D eigenvalue weighted by atomic mass is 10.4. The molecule has 112 valence electrons. The van der Waals surface area contributed by atoms with Gasteiger partial charge in [0.2, 0.25) is 5.91 Å². The Hall–Kier alpha value is -1.12. The number of hydrogen-bond donors (Lipinski definition) is 1. The Kier molecular flexibility index (Phi) is 7.56. The van der Waals surface area contributed by atoms with Crippen molar-refractivity contribution in [1.29, 1.82) is 0 Å². The Bertz CT molecular complexity index is 418. The van der Waals surface area contributed by atoms with Gasteiger partial charge < -0.3 is 10.1 Å². The molecule has 0 aliphatic heterocycles. The molecule has 0 aromatic carbocycles. The van der Waals surface area contributed by atoms with E-state index in [0.29, 0.717) is 12.4 Å². The van der Waals surface area contributed by atoms with Crippen molar-refractivity contribution in [3.63, 3.8) is 0 Å². The summed E-state index contributed by atoms with van der Waals surface area (Å²) in [4.78, 5) is 17.4. The number of nitrogens with one attached hydrogen (secondary N) is 1. The van der Waals surface area contributed by atoms with Gasteiger partial charge in [0.05, 0.1) is 13.2 Å². The van der Waals surface area contributed by atoms with Gasteiger partial charge in [-0.25, -0.2) is 13.8 Å². The van der Waals surface area contributed by atoms with E-state index in [9.17, 15) is 13.6 Å². The average molecular weight is 352 g/mol. The van der Waals surface area contributed by atoms with Gasteiger partial charge in [0.25, 0.3) is 6.43 Å². The number of nitrogens with zero attached hydrogens (tertiary/aromatic N) is 2. The Morgan fingerprint density at radius 1 is 1.55 bits per heavy atom. The summed E-state index contributed by atoms with van der Waals surface area (Å²) >= 11 is 3.25. The third-order valence-corrected chi connectivity index (χ3v) is 2.74. The number of pyridine rings is 1. The Labute approximate surface area is 124 Å². The molecule has 8 heteroatoms. The van der Waals surface area contributed by atoms with Gasteiger partial charge in [0.1, 0.15) is 12.4 Å². The maximum absolute atomic E-state index is 11.8. The van der Waals surface area contributed by atoms with Crippen LogP contribution in [0.4, 0.5) is 14.6 Å². The lowest BCUT2D eigenvalue weighted by molar-refractivity contribution is -0.117. The zero-order valence-electron chi connectivity index (χ0n) is 11.0. The van der Waals surface area contributed by atoms with Gasteiger partial charge in [-0.15, -0.1) is 0 Å². The van der Waals surface area contributed by atoms with Crippen molar-refractivity contribution in [1.82, 2.24) is 9.88 Å². The fourth-order valence-corrected chi connectivity index (χ4v) is 1.58. The van der Waals surface area contributed by atoms with Crippen LogP contribution < -0.4 is 5.32 Å². The molecule has 0 radical (unpaired) electrons. The third-order valence-electron chi connectivity index (χ3n) is 2.27. The van der Waals surface area contributed by atoms with Crippen LogP contribution in [0.1, 0.15) is 0 Å². The van der Waals surface area contributed by atoms with Crippen molar-refractivity contribution in [3.8, 4) is 0 Å². The third kappa shape index (κ3) is 7.46. The quantitative estimate of drug-likeness (QED) is 0.728. The maximum atomic E-state index is 11.8. The Balaban J connectivity index is 2.22. The lowest BCUT2D eigenvalue weighted by Crippen LogP contribution is -2.33. The van der Waals surface area contributed by atoms with E-state index in [4.69, 9.17) is 4.74 Å². The number of amides is 1. The first-order valence-electron chi connectivity index (χ1n) is 5.93. The minimum atomic E-state index is -2.47. The molecule has 20 heavy (non-hydrogen) atoms. The summed E-state index contributed by atoms with van der Waals surface area (Å²) in [5.74, 6) is 0.233. The maximum Gasteiger partial charge on any atom is 0.261 e. The van der Waals surface area contributed by atoms with Crippen LogP contribution in [0, 0.1) is 0 Å². The molecule has 0 saturated heterocycles. The van der Waals surface area contributed by atoms with Crippen LogP contribution in [0.15, 0.2) is 22.8 Å². The van der Waals surface area contributed by atoms with Crippen LogP contribution in [-0.4, -0.2) is 55.6 Å². The molecule has 1 heterocycles. The van der Waals surface area contributed by atoms with Crippen LogP contribution in [0.25, 0.3) is 0 Å². The number of hydrogen-bond acceptors (Lipinski definition) is 4. The largest absolute Gasteiger partial charge is 0.374 e. The second-order valence-electron chi connectivity index (χ2n) is 4.11.